The lowest BCUT2D eigenvalue weighted by atomic mass is 9.97. The smallest absolute Gasteiger partial charge is 0.0587 e. The van der Waals surface area contributed by atoms with Crippen LogP contribution in [0.5, 0.6) is 0 Å². The molecule has 2 atom stereocenters. The number of aliphatic hydroxyl groups is 1. The van der Waals surface area contributed by atoms with Crippen LogP contribution in [-0.2, 0) is 0 Å². The van der Waals surface area contributed by atoms with Crippen molar-refractivity contribution in [2.45, 2.75) is 52.6 Å². The predicted octanol–water partition coefficient (Wildman–Crippen LogP) is 1.78. The summed E-state index contributed by atoms with van der Waals surface area (Å²) in [6, 6.07) is 0.791. The van der Waals surface area contributed by atoms with Crippen LogP contribution in [0.25, 0.3) is 0 Å². The largest absolute Gasteiger partial charge is 0.395 e. The van der Waals surface area contributed by atoms with Gasteiger partial charge in [0.1, 0.15) is 0 Å². The third-order valence-corrected chi connectivity index (χ3v) is 3.55. The van der Waals surface area contributed by atoms with Crippen LogP contribution >= 0.6 is 0 Å². The molecule has 0 spiro atoms. The SMILES string of the molecule is CC(C)[C@@H](CO)NC(C)C1(C)CC1. The zero-order chi connectivity index (χ0) is 10.1. The predicted molar refractivity (Wildman–Crippen MR) is 55.7 cm³/mol. The Bertz CT molecular complexity index is 163. The molecule has 1 saturated carbocycles. The van der Waals surface area contributed by atoms with Crippen molar-refractivity contribution in [2.75, 3.05) is 6.61 Å². The quantitative estimate of drug-likeness (QED) is 0.684. The maximum Gasteiger partial charge on any atom is 0.0587 e. The molecule has 1 aliphatic carbocycles. The summed E-state index contributed by atoms with van der Waals surface area (Å²) in [5.41, 5.74) is 0.502. The minimum atomic E-state index is 0.248. The van der Waals surface area contributed by atoms with Crippen molar-refractivity contribution in [1.29, 1.82) is 0 Å². The first-order valence-corrected chi connectivity index (χ1v) is 5.36. The van der Waals surface area contributed by atoms with E-state index in [1.165, 1.54) is 12.8 Å². The lowest BCUT2D eigenvalue weighted by Gasteiger charge is -2.28. The fraction of sp³-hybridized carbons (Fsp3) is 1.00. The highest BCUT2D eigenvalue weighted by Gasteiger charge is 2.42. The monoisotopic (exact) mass is 185 g/mol. The molecular weight excluding hydrogens is 162 g/mol. The lowest BCUT2D eigenvalue weighted by Crippen LogP contribution is -2.45. The lowest BCUT2D eigenvalue weighted by molar-refractivity contribution is 0.186. The Morgan fingerprint density at radius 3 is 2.15 bits per heavy atom. The number of nitrogens with one attached hydrogen (secondary N) is 1. The molecule has 0 bridgehead atoms. The summed E-state index contributed by atoms with van der Waals surface area (Å²) in [4.78, 5) is 0. The van der Waals surface area contributed by atoms with Gasteiger partial charge in [0, 0.05) is 12.1 Å². The second-order valence-electron chi connectivity index (χ2n) is 5.08. The molecule has 2 N–H and O–H groups in total. The number of hydrogen-bond acceptors (Lipinski definition) is 2. The van der Waals surface area contributed by atoms with Gasteiger partial charge in [-0.3, -0.25) is 0 Å². The van der Waals surface area contributed by atoms with Crippen LogP contribution in [0.15, 0.2) is 0 Å². The van der Waals surface area contributed by atoms with E-state index in [0.29, 0.717) is 17.4 Å². The Hall–Kier alpha value is -0.0800. The van der Waals surface area contributed by atoms with Crippen molar-refractivity contribution >= 4 is 0 Å². The second-order valence-corrected chi connectivity index (χ2v) is 5.08. The molecule has 2 nitrogen and oxygen atoms in total. The first-order valence-electron chi connectivity index (χ1n) is 5.36. The molecule has 1 rings (SSSR count). The molecule has 2 heteroatoms. The molecule has 0 saturated heterocycles. The normalized spacial score (nSPS) is 24.5. The van der Waals surface area contributed by atoms with E-state index in [4.69, 9.17) is 5.11 Å². The zero-order valence-corrected chi connectivity index (χ0v) is 9.30. The van der Waals surface area contributed by atoms with Crippen LogP contribution in [0.2, 0.25) is 0 Å². The van der Waals surface area contributed by atoms with E-state index in [9.17, 15) is 0 Å². The van der Waals surface area contributed by atoms with Crippen molar-refractivity contribution in [3.63, 3.8) is 0 Å². The van der Waals surface area contributed by atoms with E-state index < -0.39 is 0 Å². The van der Waals surface area contributed by atoms with Crippen molar-refractivity contribution in [3.05, 3.63) is 0 Å². The molecule has 0 aromatic carbocycles. The van der Waals surface area contributed by atoms with Crippen LogP contribution in [-0.4, -0.2) is 23.8 Å². The third-order valence-electron chi connectivity index (χ3n) is 3.55. The highest BCUT2D eigenvalue weighted by molar-refractivity contribution is 4.97. The molecule has 78 valence electrons. The van der Waals surface area contributed by atoms with Crippen LogP contribution in [0.3, 0.4) is 0 Å². The summed E-state index contributed by atoms with van der Waals surface area (Å²) < 4.78 is 0. The highest BCUT2D eigenvalue weighted by Crippen LogP contribution is 2.48. The molecular formula is C11H23NO. The molecule has 1 aliphatic rings. The number of rotatable bonds is 5. The van der Waals surface area contributed by atoms with Gasteiger partial charge in [-0.25, -0.2) is 0 Å². The van der Waals surface area contributed by atoms with E-state index in [-0.39, 0.29) is 12.6 Å². The minimum Gasteiger partial charge on any atom is -0.395 e. The van der Waals surface area contributed by atoms with Gasteiger partial charge < -0.3 is 10.4 Å². The Labute approximate surface area is 81.7 Å². The molecule has 0 amide bonds. The van der Waals surface area contributed by atoms with Gasteiger partial charge >= 0.3 is 0 Å². The van der Waals surface area contributed by atoms with E-state index in [0.717, 1.165) is 0 Å². The standard InChI is InChI=1S/C11H23NO/c1-8(2)10(7-13)12-9(3)11(4)5-6-11/h8-10,12-13H,5-7H2,1-4H3/t9?,10-/m1/s1. The second kappa shape index (κ2) is 3.97. The summed E-state index contributed by atoms with van der Waals surface area (Å²) in [6.45, 7) is 9.10. The van der Waals surface area contributed by atoms with E-state index in [1.807, 2.05) is 0 Å². The summed E-state index contributed by atoms with van der Waals surface area (Å²) >= 11 is 0. The third kappa shape index (κ3) is 2.68. The van der Waals surface area contributed by atoms with Gasteiger partial charge in [-0.15, -0.1) is 0 Å². The van der Waals surface area contributed by atoms with E-state index in [2.05, 4.69) is 33.0 Å². The van der Waals surface area contributed by atoms with Crippen LogP contribution < -0.4 is 5.32 Å². The average Bonchev–Trinajstić information content (AvgIpc) is 2.79. The summed E-state index contributed by atoms with van der Waals surface area (Å²) in [7, 11) is 0. The van der Waals surface area contributed by atoms with Crippen molar-refractivity contribution in [3.8, 4) is 0 Å². The van der Waals surface area contributed by atoms with Crippen molar-refractivity contribution in [2.24, 2.45) is 11.3 Å². The van der Waals surface area contributed by atoms with Gasteiger partial charge in [-0.1, -0.05) is 20.8 Å². The van der Waals surface area contributed by atoms with Gasteiger partial charge in [0.25, 0.3) is 0 Å². The molecule has 0 aliphatic heterocycles. The zero-order valence-electron chi connectivity index (χ0n) is 9.30. The van der Waals surface area contributed by atoms with E-state index >= 15 is 0 Å². The molecule has 13 heavy (non-hydrogen) atoms. The molecule has 0 radical (unpaired) electrons. The highest BCUT2D eigenvalue weighted by atomic mass is 16.3. The van der Waals surface area contributed by atoms with Gasteiger partial charge in [0.05, 0.1) is 6.61 Å². The molecule has 1 unspecified atom stereocenters. The molecule has 0 aromatic heterocycles. The molecule has 1 fully saturated rings. The maximum atomic E-state index is 9.17. The Morgan fingerprint density at radius 1 is 1.31 bits per heavy atom. The maximum absolute atomic E-state index is 9.17. The number of aliphatic hydroxyl groups excluding tert-OH is 1. The summed E-state index contributed by atoms with van der Waals surface area (Å²) in [6.07, 6.45) is 2.66. The first-order chi connectivity index (χ1) is 5.99. The van der Waals surface area contributed by atoms with Gasteiger partial charge in [-0.2, -0.15) is 0 Å². The van der Waals surface area contributed by atoms with Gasteiger partial charge in [-0.05, 0) is 31.1 Å². The van der Waals surface area contributed by atoms with Crippen LogP contribution in [0, 0.1) is 11.3 Å². The topological polar surface area (TPSA) is 32.3 Å². The van der Waals surface area contributed by atoms with Gasteiger partial charge in [0.15, 0.2) is 0 Å². The average molecular weight is 185 g/mol. The Morgan fingerprint density at radius 2 is 1.85 bits per heavy atom. The van der Waals surface area contributed by atoms with Gasteiger partial charge in [0.2, 0.25) is 0 Å². The fourth-order valence-corrected chi connectivity index (χ4v) is 1.61. The Kier molecular flexibility index (Phi) is 3.36. The Balaban J connectivity index is 2.37. The van der Waals surface area contributed by atoms with Crippen LogP contribution in [0.4, 0.5) is 0 Å². The van der Waals surface area contributed by atoms with Crippen LogP contribution in [0.1, 0.15) is 40.5 Å². The van der Waals surface area contributed by atoms with E-state index in [1.54, 1.807) is 0 Å². The fourth-order valence-electron chi connectivity index (χ4n) is 1.61. The van der Waals surface area contributed by atoms with Crippen molar-refractivity contribution in [1.82, 2.24) is 5.32 Å². The summed E-state index contributed by atoms with van der Waals surface area (Å²) in [5, 5.41) is 12.7. The first kappa shape index (κ1) is 11.0. The molecule has 0 heterocycles. The molecule has 0 aromatic rings. The minimum absolute atomic E-state index is 0.248. The summed E-state index contributed by atoms with van der Waals surface area (Å²) in [5.74, 6) is 0.509. The number of hydrogen-bond donors (Lipinski definition) is 2. The van der Waals surface area contributed by atoms with Crippen molar-refractivity contribution < 1.29 is 5.11 Å².